The zero-order valence-corrected chi connectivity index (χ0v) is 21.6. The molecule has 0 aliphatic carbocycles. The molecule has 0 aromatic carbocycles. The second kappa shape index (κ2) is 10.6. The van der Waals surface area contributed by atoms with Crippen LogP contribution >= 0.6 is 0 Å². The highest BCUT2D eigenvalue weighted by Gasteiger charge is 2.22. The largest absolute Gasteiger partial charge is 0.460 e. The molecular formula is C23H29N7O7. The van der Waals surface area contributed by atoms with Crippen LogP contribution in [0.4, 0.5) is 16.3 Å². The van der Waals surface area contributed by atoms with Crippen molar-refractivity contribution in [2.75, 3.05) is 17.2 Å². The first-order valence-corrected chi connectivity index (χ1v) is 11.2. The fraction of sp³-hybridized carbons (Fsp3) is 0.391. The fourth-order valence-corrected chi connectivity index (χ4v) is 3.19. The van der Waals surface area contributed by atoms with Gasteiger partial charge in [-0.2, -0.15) is 4.98 Å². The third kappa shape index (κ3) is 6.74. The Morgan fingerprint density at radius 3 is 2.22 bits per heavy atom. The Bertz CT molecular complexity index is 1340. The predicted molar refractivity (Wildman–Crippen MR) is 131 cm³/mol. The molecule has 3 aromatic rings. The van der Waals surface area contributed by atoms with Crippen molar-refractivity contribution in [1.29, 1.82) is 0 Å². The van der Waals surface area contributed by atoms with E-state index >= 15 is 0 Å². The van der Waals surface area contributed by atoms with Crippen LogP contribution in [-0.2, 0) is 30.6 Å². The number of carbonyl (C=O) groups excluding carboxylic acids is 4. The van der Waals surface area contributed by atoms with E-state index < -0.39 is 29.5 Å². The maximum atomic E-state index is 12.8. The molecule has 0 aliphatic rings. The molecule has 2 N–H and O–H groups in total. The van der Waals surface area contributed by atoms with Crippen LogP contribution in [0.1, 0.15) is 59.4 Å². The van der Waals surface area contributed by atoms with Gasteiger partial charge in [0, 0.05) is 33.5 Å². The standard InChI is InChI=1S/C23H29N7O7/c1-8-35-21(33)18-27-16(12-30(18)7)36-20(32)14-9-13(10-28(14)5)24-19(31)17-25-15(11-29(17)6)26-22(34)37-23(2,3)4/h9-12H,8H2,1-7H3,(H,24,31)(H,26,34). The lowest BCUT2D eigenvalue weighted by Gasteiger charge is -2.18. The van der Waals surface area contributed by atoms with Crippen LogP contribution in [0, 0.1) is 0 Å². The quantitative estimate of drug-likeness (QED) is 0.450. The Morgan fingerprint density at radius 2 is 1.57 bits per heavy atom. The summed E-state index contributed by atoms with van der Waals surface area (Å²) in [4.78, 5) is 57.5. The number of aryl methyl sites for hydroxylation is 3. The molecular weight excluding hydrogens is 486 g/mol. The zero-order valence-electron chi connectivity index (χ0n) is 21.6. The number of nitrogens with one attached hydrogen (secondary N) is 2. The van der Waals surface area contributed by atoms with Crippen molar-refractivity contribution in [2.24, 2.45) is 21.1 Å². The van der Waals surface area contributed by atoms with Crippen LogP contribution in [0.25, 0.3) is 0 Å². The number of amides is 2. The minimum absolute atomic E-state index is 0.0130. The number of rotatable bonds is 7. The molecule has 14 heteroatoms. The van der Waals surface area contributed by atoms with E-state index in [0.29, 0.717) is 5.69 Å². The number of hydrogen-bond acceptors (Lipinski definition) is 9. The third-order valence-electron chi connectivity index (χ3n) is 4.69. The van der Waals surface area contributed by atoms with Gasteiger partial charge in [0.1, 0.15) is 11.3 Å². The Kier molecular flexibility index (Phi) is 7.70. The lowest BCUT2D eigenvalue weighted by molar-refractivity contribution is 0.0504. The molecule has 3 heterocycles. The third-order valence-corrected chi connectivity index (χ3v) is 4.69. The highest BCUT2D eigenvalue weighted by atomic mass is 16.6. The molecule has 198 valence electrons. The molecule has 0 aliphatic heterocycles. The molecule has 2 amide bonds. The van der Waals surface area contributed by atoms with Crippen LogP contribution < -0.4 is 15.4 Å². The normalized spacial score (nSPS) is 11.1. The van der Waals surface area contributed by atoms with Crippen LogP contribution in [0.15, 0.2) is 24.7 Å². The van der Waals surface area contributed by atoms with Gasteiger partial charge in [-0.15, -0.1) is 0 Å². The average molecular weight is 516 g/mol. The van der Waals surface area contributed by atoms with Gasteiger partial charge in [0.2, 0.25) is 17.5 Å². The van der Waals surface area contributed by atoms with E-state index in [1.54, 1.807) is 48.8 Å². The molecule has 0 spiro atoms. The van der Waals surface area contributed by atoms with Gasteiger partial charge >= 0.3 is 18.0 Å². The van der Waals surface area contributed by atoms with Gasteiger partial charge in [-0.3, -0.25) is 10.1 Å². The van der Waals surface area contributed by atoms with Crippen molar-refractivity contribution in [3.63, 3.8) is 0 Å². The van der Waals surface area contributed by atoms with E-state index in [1.165, 1.54) is 38.4 Å². The van der Waals surface area contributed by atoms with Gasteiger partial charge in [0.05, 0.1) is 18.5 Å². The average Bonchev–Trinajstić information content (AvgIpc) is 3.43. The van der Waals surface area contributed by atoms with Crippen molar-refractivity contribution >= 4 is 35.4 Å². The Balaban J connectivity index is 1.68. The summed E-state index contributed by atoms with van der Waals surface area (Å²) >= 11 is 0. The van der Waals surface area contributed by atoms with Crippen LogP contribution in [-0.4, -0.2) is 59.8 Å². The summed E-state index contributed by atoms with van der Waals surface area (Å²) in [6.07, 6.45) is 3.65. The van der Waals surface area contributed by atoms with Crippen LogP contribution in [0.5, 0.6) is 5.88 Å². The summed E-state index contributed by atoms with van der Waals surface area (Å²) in [5.74, 6) is -1.92. The topological polar surface area (TPSA) is 161 Å². The van der Waals surface area contributed by atoms with Crippen molar-refractivity contribution in [3.8, 4) is 5.88 Å². The van der Waals surface area contributed by atoms with Gasteiger partial charge in [-0.05, 0) is 33.8 Å². The highest BCUT2D eigenvalue weighted by molar-refractivity contribution is 6.03. The molecule has 0 bridgehead atoms. The fourth-order valence-electron chi connectivity index (χ4n) is 3.19. The smallest absolute Gasteiger partial charge is 0.413 e. The maximum Gasteiger partial charge on any atom is 0.413 e. The number of aromatic nitrogens is 5. The minimum Gasteiger partial charge on any atom is -0.460 e. The number of nitrogens with zero attached hydrogens (tertiary/aromatic N) is 5. The van der Waals surface area contributed by atoms with E-state index in [1.807, 2.05) is 0 Å². The van der Waals surface area contributed by atoms with Gasteiger partial charge in [0.15, 0.2) is 5.82 Å². The van der Waals surface area contributed by atoms with Gasteiger partial charge in [-0.1, -0.05) is 0 Å². The molecule has 0 unspecified atom stereocenters. The zero-order chi connectivity index (χ0) is 27.5. The summed E-state index contributed by atoms with van der Waals surface area (Å²) < 4.78 is 19.7. The molecule has 0 fully saturated rings. The van der Waals surface area contributed by atoms with Crippen LogP contribution in [0.2, 0.25) is 0 Å². The molecule has 14 nitrogen and oxygen atoms in total. The van der Waals surface area contributed by atoms with Gasteiger partial charge in [-0.25, -0.2) is 19.4 Å². The second-order valence-electron chi connectivity index (χ2n) is 8.99. The Morgan fingerprint density at radius 1 is 0.892 bits per heavy atom. The first-order valence-electron chi connectivity index (χ1n) is 11.2. The number of ether oxygens (including phenoxy) is 3. The Labute approximate surface area is 212 Å². The molecule has 0 saturated carbocycles. The Hall–Kier alpha value is -4.62. The molecule has 3 aromatic heterocycles. The monoisotopic (exact) mass is 515 g/mol. The predicted octanol–water partition coefficient (Wildman–Crippen LogP) is 2.49. The lowest BCUT2D eigenvalue weighted by Crippen LogP contribution is -2.27. The first kappa shape index (κ1) is 27.0. The summed E-state index contributed by atoms with van der Waals surface area (Å²) in [5, 5.41) is 5.12. The second-order valence-corrected chi connectivity index (χ2v) is 8.99. The van der Waals surface area contributed by atoms with Crippen molar-refractivity contribution in [2.45, 2.75) is 33.3 Å². The highest BCUT2D eigenvalue weighted by Crippen LogP contribution is 2.18. The summed E-state index contributed by atoms with van der Waals surface area (Å²) in [5.41, 5.74) is -0.270. The van der Waals surface area contributed by atoms with Gasteiger partial charge in [0.25, 0.3) is 5.91 Å². The SMILES string of the molecule is CCOC(=O)c1nc(OC(=O)c2cc(NC(=O)c3nc(NC(=O)OC(C)(C)C)cn3C)cn2C)cn1C. The summed E-state index contributed by atoms with van der Waals surface area (Å²) in [6.45, 7) is 7.03. The van der Waals surface area contributed by atoms with E-state index in [-0.39, 0.29) is 35.6 Å². The minimum atomic E-state index is -0.752. The molecule has 0 atom stereocenters. The number of carbonyl (C=O) groups is 4. The maximum absolute atomic E-state index is 12.8. The molecule has 0 radical (unpaired) electrons. The van der Waals surface area contributed by atoms with E-state index in [4.69, 9.17) is 14.2 Å². The molecule has 0 saturated heterocycles. The summed E-state index contributed by atoms with van der Waals surface area (Å²) in [7, 11) is 4.75. The van der Waals surface area contributed by atoms with Crippen molar-refractivity contribution in [3.05, 3.63) is 42.0 Å². The number of esters is 2. The molecule has 3 rings (SSSR count). The van der Waals surface area contributed by atoms with Crippen molar-refractivity contribution < 1.29 is 33.4 Å². The first-order chi connectivity index (χ1) is 17.3. The van der Waals surface area contributed by atoms with Gasteiger partial charge < -0.3 is 33.2 Å². The van der Waals surface area contributed by atoms with E-state index in [9.17, 15) is 19.2 Å². The van der Waals surface area contributed by atoms with E-state index in [2.05, 4.69) is 20.6 Å². The molecule has 37 heavy (non-hydrogen) atoms. The van der Waals surface area contributed by atoms with Crippen molar-refractivity contribution in [1.82, 2.24) is 23.7 Å². The lowest BCUT2D eigenvalue weighted by atomic mass is 10.2. The summed E-state index contributed by atoms with van der Waals surface area (Å²) in [6, 6.07) is 1.41. The number of imidazole rings is 2. The number of anilines is 2. The number of hydrogen-bond donors (Lipinski definition) is 2. The van der Waals surface area contributed by atoms with E-state index in [0.717, 1.165) is 0 Å². The van der Waals surface area contributed by atoms with Crippen LogP contribution in [0.3, 0.4) is 0 Å².